The van der Waals surface area contributed by atoms with Crippen molar-refractivity contribution in [2.24, 2.45) is 0 Å². The number of rotatable bonds is 9. The fraction of sp³-hybridized carbons (Fsp3) is 0.364. The number of hydrogen-bond donors (Lipinski definition) is 1. The molecule has 5 nitrogen and oxygen atoms in total. The van der Waals surface area contributed by atoms with Crippen LogP contribution >= 0.6 is 27.5 Å². The number of nitrogens with zero attached hydrogens (tertiary/aromatic N) is 1. The summed E-state index contributed by atoms with van der Waals surface area (Å²) in [5, 5.41) is 3.26. The first kappa shape index (κ1) is 23.2. The molecule has 1 N–H and O–H groups in total. The Morgan fingerprint density at radius 3 is 2.52 bits per heavy atom. The van der Waals surface area contributed by atoms with Gasteiger partial charge in [-0.1, -0.05) is 64.3 Å². The highest BCUT2D eigenvalue weighted by atomic mass is 79.9. The molecule has 0 radical (unpaired) electrons. The molecule has 0 unspecified atom stereocenters. The Morgan fingerprint density at radius 2 is 1.90 bits per heavy atom. The van der Waals surface area contributed by atoms with Gasteiger partial charge in [0.05, 0.1) is 5.02 Å². The summed E-state index contributed by atoms with van der Waals surface area (Å²) >= 11 is 9.50. The number of hydrogen-bond acceptors (Lipinski definition) is 3. The van der Waals surface area contributed by atoms with E-state index >= 15 is 0 Å². The molecular formula is C22H26BrClN2O3. The summed E-state index contributed by atoms with van der Waals surface area (Å²) in [6.07, 6.45) is 0.829. The number of nitrogens with one attached hydrogen (secondary N) is 1. The van der Waals surface area contributed by atoms with Crippen LogP contribution in [0.1, 0.15) is 31.4 Å². The van der Waals surface area contributed by atoms with Gasteiger partial charge < -0.3 is 15.0 Å². The Hall–Kier alpha value is -2.05. The highest BCUT2D eigenvalue weighted by molar-refractivity contribution is 9.10. The zero-order valence-corrected chi connectivity index (χ0v) is 19.2. The normalized spacial score (nSPS) is 11.6. The molecule has 0 saturated heterocycles. The lowest BCUT2D eigenvalue weighted by Gasteiger charge is -2.28. The van der Waals surface area contributed by atoms with Gasteiger partial charge in [-0.3, -0.25) is 9.59 Å². The summed E-state index contributed by atoms with van der Waals surface area (Å²) in [7, 11) is 0. The van der Waals surface area contributed by atoms with E-state index < -0.39 is 6.04 Å². The summed E-state index contributed by atoms with van der Waals surface area (Å²) in [6.45, 7) is 6.39. The smallest absolute Gasteiger partial charge is 0.261 e. The van der Waals surface area contributed by atoms with Crippen LogP contribution in [0.5, 0.6) is 5.75 Å². The first-order chi connectivity index (χ1) is 13.8. The molecular weight excluding hydrogens is 456 g/mol. The van der Waals surface area contributed by atoms with Gasteiger partial charge in [-0.2, -0.15) is 0 Å². The van der Waals surface area contributed by atoms with E-state index in [2.05, 4.69) is 21.2 Å². The predicted octanol–water partition coefficient (Wildman–Crippen LogP) is 4.73. The van der Waals surface area contributed by atoms with Crippen molar-refractivity contribution in [1.82, 2.24) is 10.2 Å². The Bertz CT molecular complexity index is 842. The number of halogens is 2. The first-order valence-electron chi connectivity index (χ1n) is 9.52. The van der Waals surface area contributed by atoms with Crippen LogP contribution in [0.3, 0.4) is 0 Å². The number of benzene rings is 2. The third kappa shape index (κ3) is 7.05. The number of carbonyl (C=O) groups is 2. The zero-order valence-electron chi connectivity index (χ0n) is 16.9. The van der Waals surface area contributed by atoms with Gasteiger partial charge in [0.25, 0.3) is 5.91 Å². The summed E-state index contributed by atoms with van der Waals surface area (Å²) in [4.78, 5) is 27.0. The molecule has 2 rings (SSSR count). The van der Waals surface area contributed by atoms with Crippen molar-refractivity contribution in [1.29, 1.82) is 0 Å². The molecule has 0 heterocycles. The number of ether oxygens (including phenoxy) is 1. The molecule has 0 aromatic heterocycles. The maximum absolute atomic E-state index is 13.0. The van der Waals surface area contributed by atoms with Gasteiger partial charge in [-0.25, -0.2) is 0 Å². The Kier molecular flexibility index (Phi) is 8.99. The molecule has 29 heavy (non-hydrogen) atoms. The van der Waals surface area contributed by atoms with Crippen LogP contribution in [0, 0.1) is 6.92 Å². The largest absolute Gasteiger partial charge is 0.482 e. The van der Waals surface area contributed by atoms with E-state index in [1.54, 1.807) is 25.1 Å². The van der Waals surface area contributed by atoms with Gasteiger partial charge in [-0.15, -0.1) is 0 Å². The van der Waals surface area contributed by atoms with Crippen LogP contribution in [-0.2, 0) is 16.1 Å². The van der Waals surface area contributed by atoms with E-state index in [-0.39, 0.29) is 18.4 Å². The topological polar surface area (TPSA) is 58.6 Å². The third-order valence-electron chi connectivity index (χ3n) is 4.44. The molecule has 1 atom stereocenters. The lowest BCUT2D eigenvalue weighted by molar-refractivity contribution is -0.142. The maximum Gasteiger partial charge on any atom is 0.261 e. The Morgan fingerprint density at radius 1 is 1.21 bits per heavy atom. The van der Waals surface area contributed by atoms with E-state index in [0.717, 1.165) is 22.0 Å². The van der Waals surface area contributed by atoms with Gasteiger partial charge in [0.15, 0.2) is 6.61 Å². The molecule has 2 amide bonds. The number of carbonyl (C=O) groups excluding carboxylic acids is 2. The molecule has 0 aliphatic rings. The van der Waals surface area contributed by atoms with Crippen molar-refractivity contribution in [2.75, 3.05) is 13.2 Å². The molecule has 0 aliphatic heterocycles. The van der Waals surface area contributed by atoms with Crippen molar-refractivity contribution >= 4 is 39.3 Å². The average molecular weight is 482 g/mol. The van der Waals surface area contributed by atoms with E-state index in [4.69, 9.17) is 16.3 Å². The monoisotopic (exact) mass is 480 g/mol. The average Bonchev–Trinajstić information content (AvgIpc) is 2.70. The minimum absolute atomic E-state index is 0.186. The Balaban J connectivity index is 2.14. The molecule has 2 aromatic carbocycles. The first-order valence-corrected chi connectivity index (χ1v) is 10.7. The van der Waals surface area contributed by atoms with Crippen LogP contribution in [0.4, 0.5) is 0 Å². The number of aryl methyl sites for hydroxylation is 1. The minimum Gasteiger partial charge on any atom is -0.482 e. The molecule has 0 fully saturated rings. The summed E-state index contributed by atoms with van der Waals surface area (Å²) < 4.78 is 6.45. The van der Waals surface area contributed by atoms with Crippen molar-refractivity contribution < 1.29 is 14.3 Å². The molecule has 0 bridgehead atoms. The summed E-state index contributed by atoms with van der Waals surface area (Å²) in [5.41, 5.74) is 2.08. The fourth-order valence-electron chi connectivity index (χ4n) is 2.68. The SMILES string of the molecule is CCCNC(=O)[C@H](C)N(Cc1ccc(C)cc1)C(=O)COc1ccc(Br)cc1Cl. The van der Waals surface area contributed by atoms with Gasteiger partial charge in [0, 0.05) is 17.6 Å². The molecule has 7 heteroatoms. The second kappa shape index (κ2) is 11.2. The van der Waals surface area contributed by atoms with Crippen molar-refractivity contribution in [3.8, 4) is 5.75 Å². The third-order valence-corrected chi connectivity index (χ3v) is 5.22. The van der Waals surface area contributed by atoms with Crippen molar-refractivity contribution in [3.05, 3.63) is 63.1 Å². The second-order valence-electron chi connectivity index (χ2n) is 6.84. The van der Waals surface area contributed by atoms with E-state index in [1.165, 1.54) is 4.90 Å². The minimum atomic E-state index is -0.626. The van der Waals surface area contributed by atoms with Gasteiger partial charge in [-0.05, 0) is 44.0 Å². The molecule has 0 aliphatic carbocycles. The molecule has 0 spiro atoms. The van der Waals surface area contributed by atoms with Gasteiger partial charge in [0.1, 0.15) is 11.8 Å². The second-order valence-corrected chi connectivity index (χ2v) is 8.16. The molecule has 2 aromatic rings. The fourth-order valence-corrected chi connectivity index (χ4v) is 3.41. The van der Waals surface area contributed by atoms with E-state index in [0.29, 0.717) is 23.9 Å². The van der Waals surface area contributed by atoms with Crippen LogP contribution in [0.2, 0.25) is 5.02 Å². The maximum atomic E-state index is 13.0. The summed E-state index contributed by atoms with van der Waals surface area (Å²) in [6, 6.07) is 12.4. The molecule has 156 valence electrons. The highest BCUT2D eigenvalue weighted by Crippen LogP contribution is 2.27. The van der Waals surface area contributed by atoms with Crippen LogP contribution in [0.15, 0.2) is 46.9 Å². The summed E-state index contributed by atoms with van der Waals surface area (Å²) in [5.74, 6) is -0.0562. The Labute approximate surface area is 185 Å². The molecule has 0 saturated carbocycles. The van der Waals surface area contributed by atoms with Gasteiger partial charge in [0.2, 0.25) is 5.91 Å². The lowest BCUT2D eigenvalue weighted by Crippen LogP contribution is -2.49. The zero-order chi connectivity index (χ0) is 21.4. The van der Waals surface area contributed by atoms with Crippen molar-refractivity contribution in [2.45, 2.75) is 39.8 Å². The number of amides is 2. The highest BCUT2D eigenvalue weighted by Gasteiger charge is 2.26. The van der Waals surface area contributed by atoms with Gasteiger partial charge >= 0.3 is 0 Å². The van der Waals surface area contributed by atoms with E-state index in [1.807, 2.05) is 38.1 Å². The van der Waals surface area contributed by atoms with Crippen LogP contribution in [-0.4, -0.2) is 35.9 Å². The standard InChI is InChI=1S/C22H26BrClN2O3/c1-4-11-25-22(28)16(3)26(13-17-7-5-15(2)6-8-17)21(27)14-29-20-10-9-18(23)12-19(20)24/h5-10,12,16H,4,11,13-14H2,1-3H3,(H,25,28)/t16-/m0/s1. The predicted molar refractivity (Wildman–Crippen MR) is 119 cm³/mol. The van der Waals surface area contributed by atoms with Crippen LogP contribution in [0.25, 0.3) is 0 Å². The quantitative estimate of drug-likeness (QED) is 0.563. The lowest BCUT2D eigenvalue weighted by atomic mass is 10.1. The van der Waals surface area contributed by atoms with E-state index in [9.17, 15) is 9.59 Å². The van der Waals surface area contributed by atoms with Crippen LogP contribution < -0.4 is 10.1 Å². The van der Waals surface area contributed by atoms with Crippen molar-refractivity contribution in [3.63, 3.8) is 0 Å².